The fraction of sp³-hybridized carbons (Fsp3) is 0.909. The molecule has 3 aliphatic rings. The van der Waals surface area contributed by atoms with Crippen LogP contribution in [-0.2, 0) is 4.79 Å². The predicted octanol–water partition coefficient (Wildman–Crippen LogP) is 0.653. The van der Waals surface area contributed by atoms with Crippen molar-refractivity contribution in [3.8, 4) is 0 Å². The van der Waals surface area contributed by atoms with Gasteiger partial charge in [0.15, 0.2) is 0 Å². The number of fused-ring (bicyclic) bond motifs is 3. The van der Waals surface area contributed by atoms with E-state index in [1.807, 2.05) is 0 Å². The van der Waals surface area contributed by atoms with Crippen molar-refractivity contribution < 1.29 is 4.79 Å². The molecule has 0 radical (unpaired) electrons. The summed E-state index contributed by atoms with van der Waals surface area (Å²) >= 11 is 0. The molecule has 0 spiro atoms. The normalized spacial score (nSPS) is 46.7. The van der Waals surface area contributed by atoms with E-state index in [9.17, 15) is 4.79 Å². The molecule has 2 aliphatic heterocycles. The highest BCUT2D eigenvalue weighted by atomic mass is 16.2. The second-order valence-corrected chi connectivity index (χ2v) is 4.94. The minimum absolute atomic E-state index is 0.136. The Hall–Kier alpha value is -0.570. The van der Waals surface area contributed by atoms with Gasteiger partial charge < -0.3 is 10.6 Å². The lowest BCUT2D eigenvalue weighted by Gasteiger charge is -2.30. The maximum Gasteiger partial charge on any atom is 0.237 e. The molecule has 78 valence electrons. The summed E-state index contributed by atoms with van der Waals surface area (Å²) in [6.45, 7) is 0.894. The number of carbonyl (C=O) groups is 1. The summed E-state index contributed by atoms with van der Waals surface area (Å²) < 4.78 is 0. The minimum Gasteiger partial charge on any atom is -0.355 e. The van der Waals surface area contributed by atoms with Gasteiger partial charge in [-0.15, -0.1) is 0 Å². The Bertz CT molecular complexity index is 254. The zero-order valence-corrected chi connectivity index (χ0v) is 8.46. The molecule has 2 heterocycles. The van der Waals surface area contributed by atoms with Gasteiger partial charge in [-0.3, -0.25) is 4.79 Å². The fourth-order valence-electron chi connectivity index (χ4n) is 3.60. The van der Waals surface area contributed by atoms with E-state index >= 15 is 0 Å². The number of rotatable bonds is 0. The van der Waals surface area contributed by atoms with Gasteiger partial charge in [0.05, 0.1) is 6.04 Å². The number of hydrogen-bond donors (Lipinski definition) is 2. The van der Waals surface area contributed by atoms with E-state index in [4.69, 9.17) is 0 Å². The molecular formula is C11H18N2O. The van der Waals surface area contributed by atoms with E-state index in [1.54, 1.807) is 0 Å². The predicted molar refractivity (Wildman–Crippen MR) is 53.8 cm³/mol. The van der Waals surface area contributed by atoms with E-state index < -0.39 is 0 Å². The minimum atomic E-state index is 0.136. The van der Waals surface area contributed by atoms with Gasteiger partial charge in [-0.1, -0.05) is 12.8 Å². The van der Waals surface area contributed by atoms with Crippen molar-refractivity contribution in [3.63, 3.8) is 0 Å². The zero-order chi connectivity index (χ0) is 9.54. The Kier molecular flexibility index (Phi) is 2.01. The first-order valence-electron chi connectivity index (χ1n) is 5.90. The van der Waals surface area contributed by atoms with Crippen molar-refractivity contribution in [1.82, 2.24) is 10.6 Å². The smallest absolute Gasteiger partial charge is 0.237 e. The third kappa shape index (κ3) is 1.18. The molecule has 14 heavy (non-hydrogen) atoms. The summed E-state index contributed by atoms with van der Waals surface area (Å²) in [7, 11) is 0. The van der Waals surface area contributed by atoms with E-state index in [-0.39, 0.29) is 11.9 Å². The van der Waals surface area contributed by atoms with Crippen LogP contribution in [0.5, 0.6) is 0 Å². The van der Waals surface area contributed by atoms with E-state index in [2.05, 4.69) is 10.6 Å². The molecule has 0 bridgehead atoms. The molecule has 2 saturated heterocycles. The monoisotopic (exact) mass is 194 g/mol. The molecule has 1 amide bonds. The standard InChI is InChI=1S/C11H18N2O/c14-11-10-8(5-6-12-11)7-3-1-2-4-9(7)13-10/h7-10,13H,1-6H2,(H,12,14)/t7-,8-,9-,10-/m0/s1. The van der Waals surface area contributed by atoms with Crippen LogP contribution >= 0.6 is 0 Å². The summed E-state index contributed by atoms with van der Waals surface area (Å²) in [6, 6.07) is 0.777. The summed E-state index contributed by atoms with van der Waals surface area (Å²) in [6.07, 6.45) is 6.52. The van der Waals surface area contributed by atoms with Gasteiger partial charge in [-0.2, -0.15) is 0 Å². The molecule has 3 fully saturated rings. The van der Waals surface area contributed by atoms with Crippen LogP contribution in [-0.4, -0.2) is 24.5 Å². The Labute approximate surface area is 84.6 Å². The van der Waals surface area contributed by atoms with Gasteiger partial charge in [0.2, 0.25) is 5.91 Å². The molecule has 0 aromatic heterocycles. The lowest BCUT2D eigenvalue weighted by molar-refractivity contribution is -0.125. The quantitative estimate of drug-likeness (QED) is 0.594. The summed E-state index contributed by atoms with van der Waals surface area (Å²) in [5.74, 6) is 1.67. The maximum absolute atomic E-state index is 11.6. The van der Waals surface area contributed by atoms with Crippen LogP contribution in [0.4, 0.5) is 0 Å². The van der Waals surface area contributed by atoms with Crippen LogP contribution in [0.25, 0.3) is 0 Å². The molecule has 3 rings (SSSR count). The molecular weight excluding hydrogens is 176 g/mol. The molecule has 0 aromatic rings. The summed E-state index contributed by atoms with van der Waals surface area (Å²) in [5.41, 5.74) is 0. The van der Waals surface area contributed by atoms with Gasteiger partial charge in [0.25, 0.3) is 0 Å². The number of hydrogen-bond acceptors (Lipinski definition) is 2. The van der Waals surface area contributed by atoms with Crippen molar-refractivity contribution in [2.45, 2.75) is 44.2 Å². The molecule has 0 aromatic carbocycles. The maximum atomic E-state index is 11.6. The number of piperidine rings is 1. The van der Waals surface area contributed by atoms with Crippen LogP contribution in [0.15, 0.2) is 0 Å². The molecule has 2 N–H and O–H groups in total. The second-order valence-electron chi connectivity index (χ2n) is 4.94. The molecule has 3 nitrogen and oxygen atoms in total. The zero-order valence-electron chi connectivity index (χ0n) is 8.46. The van der Waals surface area contributed by atoms with Crippen molar-refractivity contribution in [3.05, 3.63) is 0 Å². The first-order chi connectivity index (χ1) is 6.86. The molecule has 0 unspecified atom stereocenters. The van der Waals surface area contributed by atoms with E-state index in [0.29, 0.717) is 12.0 Å². The van der Waals surface area contributed by atoms with Gasteiger partial charge >= 0.3 is 0 Å². The largest absolute Gasteiger partial charge is 0.355 e. The summed E-state index contributed by atoms with van der Waals surface area (Å²) in [5, 5.41) is 6.49. The lowest BCUT2D eigenvalue weighted by Crippen LogP contribution is -2.49. The highest BCUT2D eigenvalue weighted by Gasteiger charge is 2.47. The first kappa shape index (κ1) is 8.72. The number of carbonyl (C=O) groups excluding carboxylic acids is 1. The van der Waals surface area contributed by atoms with Crippen LogP contribution in [0.1, 0.15) is 32.1 Å². The average Bonchev–Trinajstić information content (AvgIpc) is 2.59. The van der Waals surface area contributed by atoms with Gasteiger partial charge in [-0.05, 0) is 31.1 Å². The van der Waals surface area contributed by atoms with Crippen molar-refractivity contribution in [1.29, 1.82) is 0 Å². The van der Waals surface area contributed by atoms with Crippen LogP contribution in [0.3, 0.4) is 0 Å². The Balaban J connectivity index is 1.82. The average molecular weight is 194 g/mol. The third-order valence-electron chi connectivity index (χ3n) is 4.25. The topological polar surface area (TPSA) is 41.1 Å². The third-order valence-corrected chi connectivity index (χ3v) is 4.25. The Morgan fingerprint density at radius 2 is 1.93 bits per heavy atom. The second kappa shape index (κ2) is 3.23. The Morgan fingerprint density at radius 1 is 1.07 bits per heavy atom. The van der Waals surface area contributed by atoms with Crippen LogP contribution in [0, 0.1) is 11.8 Å². The molecule has 3 heteroatoms. The first-order valence-corrected chi connectivity index (χ1v) is 5.90. The van der Waals surface area contributed by atoms with E-state index in [1.165, 1.54) is 32.1 Å². The van der Waals surface area contributed by atoms with Gasteiger partial charge in [0, 0.05) is 12.6 Å². The van der Waals surface area contributed by atoms with Crippen molar-refractivity contribution in [2.75, 3.05) is 6.54 Å². The highest BCUT2D eigenvalue weighted by molar-refractivity contribution is 5.83. The van der Waals surface area contributed by atoms with E-state index in [0.717, 1.165) is 12.5 Å². The fourth-order valence-corrected chi connectivity index (χ4v) is 3.60. The summed E-state index contributed by atoms with van der Waals surface area (Å²) in [4.78, 5) is 11.6. The SMILES string of the molecule is O=C1NCC[C@H]2[C@@H]3CCCC[C@@H]3N[C@H]12. The van der Waals surface area contributed by atoms with Crippen molar-refractivity contribution >= 4 is 5.91 Å². The molecule has 1 saturated carbocycles. The number of nitrogens with one attached hydrogen (secondary N) is 2. The van der Waals surface area contributed by atoms with Crippen molar-refractivity contribution in [2.24, 2.45) is 11.8 Å². The highest BCUT2D eigenvalue weighted by Crippen LogP contribution is 2.40. The Morgan fingerprint density at radius 3 is 2.86 bits per heavy atom. The lowest BCUT2D eigenvalue weighted by atomic mass is 9.76. The van der Waals surface area contributed by atoms with Gasteiger partial charge in [0.1, 0.15) is 0 Å². The molecule has 1 aliphatic carbocycles. The molecule has 4 atom stereocenters. The van der Waals surface area contributed by atoms with Gasteiger partial charge in [-0.25, -0.2) is 0 Å². The number of amides is 1. The van der Waals surface area contributed by atoms with Crippen LogP contribution < -0.4 is 10.6 Å². The van der Waals surface area contributed by atoms with Crippen LogP contribution in [0.2, 0.25) is 0 Å².